The molecule has 0 fully saturated rings. The zero-order chi connectivity index (χ0) is 11.9. The number of pyridine rings is 1. The second kappa shape index (κ2) is 6.16. The van der Waals surface area contributed by atoms with Crippen molar-refractivity contribution in [3.63, 3.8) is 0 Å². The summed E-state index contributed by atoms with van der Waals surface area (Å²) in [7, 11) is 0. The maximum absolute atomic E-state index is 6.06. The third-order valence-electron chi connectivity index (χ3n) is 2.67. The van der Waals surface area contributed by atoms with Crippen LogP contribution in [0, 0.1) is 6.42 Å². The number of nitrogens with two attached hydrogens (primary N) is 1. The standard InChI is InChI=1S/C15H17N2/c16-14(12-15-8-4-5-11-17-15)10-9-13-6-2-1-3-7-13/h1-8,10-11,14H,9,12,16H2. The first-order chi connectivity index (χ1) is 8.34. The minimum atomic E-state index is 0.0603. The van der Waals surface area contributed by atoms with Gasteiger partial charge in [-0.25, -0.2) is 0 Å². The molecule has 1 atom stereocenters. The molecule has 1 aromatic carbocycles. The van der Waals surface area contributed by atoms with Crippen molar-refractivity contribution in [2.45, 2.75) is 18.9 Å². The largest absolute Gasteiger partial charge is 0.327 e. The SMILES string of the molecule is NC([CH]Cc1ccccc1)Cc1ccccn1. The van der Waals surface area contributed by atoms with E-state index in [1.54, 1.807) is 6.20 Å². The van der Waals surface area contributed by atoms with E-state index in [1.165, 1.54) is 5.56 Å². The molecule has 1 aromatic heterocycles. The van der Waals surface area contributed by atoms with Gasteiger partial charge in [0.2, 0.25) is 0 Å². The van der Waals surface area contributed by atoms with Crippen molar-refractivity contribution >= 4 is 0 Å². The van der Waals surface area contributed by atoms with Gasteiger partial charge >= 0.3 is 0 Å². The van der Waals surface area contributed by atoms with E-state index in [9.17, 15) is 0 Å². The molecule has 0 aliphatic carbocycles. The molecule has 0 aliphatic heterocycles. The smallest absolute Gasteiger partial charge is 0.0419 e. The quantitative estimate of drug-likeness (QED) is 0.848. The fourth-order valence-electron chi connectivity index (χ4n) is 1.75. The molecule has 0 saturated carbocycles. The molecule has 2 heteroatoms. The van der Waals surface area contributed by atoms with Crippen LogP contribution in [0.5, 0.6) is 0 Å². The molecule has 2 nitrogen and oxygen atoms in total. The predicted octanol–water partition coefficient (Wildman–Crippen LogP) is 2.40. The number of nitrogens with zero attached hydrogens (tertiary/aromatic N) is 1. The Morgan fingerprint density at radius 2 is 1.82 bits per heavy atom. The van der Waals surface area contributed by atoms with Crippen LogP contribution < -0.4 is 5.73 Å². The summed E-state index contributed by atoms with van der Waals surface area (Å²) in [5.74, 6) is 0. The Morgan fingerprint density at radius 1 is 1.06 bits per heavy atom. The first-order valence-corrected chi connectivity index (χ1v) is 5.87. The van der Waals surface area contributed by atoms with Gasteiger partial charge in [0.15, 0.2) is 0 Å². The van der Waals surface area contributed by atoms with Gasteiger partial charge in [0, 0.05) is 24.4 Å². The summed E-state index contributed by atoms with van der Waals surface area (Å²) in [6.07, 6.45) is 5.66. The molecule has 87 valence electrons. The number of hydrogen-bond donors (Lipinski definition) is 1. The fourth-order valence-corrected chi connectivity index (χ4v) is 1.75. The summed E-state index contributed by atoms with van der Waals surface area (Å²) in [5.41, 5.74) is 8.40. The average molecular weight is 225 g/mol. The van der Waals surface area contributed by atoms with Gasteiger partial charge in [-0.05, 0) is 30.5 Å². The average Bonchev–Trinajstić information content (AvgIpc) is 2.39. The van der Waals surface area contributed by atoms with E-state index >= 15 is 0 Å². The first-order valence-electron chi connectivity index (χ1n) is 5.87. The van der Waals surface area contributed by atoms with Gasteiger partial charge in [0.1, 0.15) is 0 Å². The maximum Gasteiger partial charge on any atom is 0.0419 e. The lowest BCUT2D eigenvalue weighted by Crippen LogP contribution is -2.24. The lowest BCUT2D eigenvalue weighted by molar-refractivity contribution is 0.720. The van der Waals surface area contributed by atoms with Crippen LogP contribution in [0.2, 0.25) is 0 Å². The van der Waals surface area contributed by atoms with Crippen molar-refractivity contribution in [1.29, 1.82) is 0 Å². The molecule has 2 aromatic rings. The lowest BCUT2D eigenvalue weighted by Gasteiger charge is -2.10. The van der Waals surface area contributed by atoms with Gasteiger partial charge in [-0.1, -0.05) is 36.4 Å². The molecule has 0 aliphatic rings. The van der Waals surface area contributed by atoms with Gasteiger partial charge in [0.05, 0.1) is 0 Å². The van der Waals surface area contributed by atoms with Gasteiger partial charge in [-0.3, -0.25) is 4.98 Å². The number of rotatable bonds is 5. The molecule has 2 rings (SSSR count). The highest BCUT2D eigenvalue weighted by Gasteiger charge is 2.05. The highest BCUT2D eigenvalue weighted by Crippen LogP contribution is 2.06. The normalized spacial score (nSPS) is 12.3. The lowest BCUT2D eigenvalue weighted by atomic mass is 10.0. The number of benzene rings is 1. The van der Waals surface area contributed by atoms with E-state index in [4.69, 9.17) is 5.73 Å². The van der Waals surface area contributed by atoms with Crippen LogP contribution in [-0.2, 0) is 12.8 Å². The Morgan fingerprint density at radius 3 is 2.53 bits per heavy atom. The molecular formula is C15H17N2. The third-order valence-corrected chi connectivity index (χ3v) is 2.67. The fraction of sp³-hybridized carbons (Fsp3) is 0.200. The second-order valence-corrected chi connectivity index (χ2v) is 4.11. The van der Waals surface area contributed by atoms with Gasteiger partial charge in [0.25, 0.3) is 0 Å². The summed E-state index contributed by atoms with van der Waals surface area (Å²) in [4.78, 5) is 4.27. The summed E-state index contributed by atoms with van der Waals surface area (Å²) >= 11 is 0. The highest BCUT2D eigenvalue weighted by molar-refractivity contribution is 5.17. The second-order valence-electron chi connectivity index (χ2n) is 4.11. The Kier molecular flexibility index (Phi) is 4.28. The van der Waals surface area contributed by atoms with Crippen molar-refractivity contribution in [2.75, 3.05) is 0 Å². The Balaban J connectivity index is 1.80. The molecular weight excluding hydrogens is 208 g/mol. The van der Waals surface area contributed by atoms with E-state index in [0.717, 1.165) is 18.5 Å². The van der Waals surface area contributed by atoms with Crippen LogP contribution >= 0.6 is 0 Å². The van der Waals surface area contributed by atoms with Crippen LogP contribution in [-0.4, -0.2) is 11.0 Å². The number of aromatic nitrogens is 1. The first kappa shape index (κ1) is 11.8. The van der Waals surface area contributed by atoms with Crippen LogP contribution in [0.25, 0.3) is 0 Å². The Hall–Kier alpha value is -1.67. The third kappa shape index (κ3) is 4.00. The molecule has 0 bridgehead atoms. The van der Waals surface area contributed by atoms with Crippen LogP contribution in [0.3, 0.4) is 0 Å². The van der Waals surface area contributed by atoms with Crippen molar-refractivity contribution in [3.05, 3.63) is 72.4 Å². The zero-order valence-electron chi connectivity index (χ0n) is 9.79. The van der Waals surface area contributed by atoms with E-state index in [0.29, 0.717) is 0 Å². The molecule has 0 spiro atoms. The van der Waals surface area contributed by atoms with Gasteiger partial charge < -0.3 is 5.73 Å². The summed E-state index contributed by atoms with van der Waals surface area (Å²) in [6.45, 7) is 0. The van der Waals surface area contributed by atoms with E-state index in [2.05, 4.69) is 23.5 Å². The topological polar surface area (TPSA) is 38.9 Å². The predicted molar refractivity (Wildman–Crippen MR) is 70.4 cm³/mol. The molecule has 2 N–H and O–H groups in total. The Labute approximate surface area is 103 Å². The van der Waals surface area contributed by atoms with Crippen LogP contribution in [0.1, 0.15) is 11.3 Å². The van der Waals surface area contributed by atoms with Crippen LogP contribution in [0.4, 0.5) is 0 Å². The molecule has 0 saturated heterocycles. The summed E-state index contributed by atoms with van der Waals surface area (Å²) < 4.78 is 0. The maximum atomic E-state index is 6.06. The van der Waals surface area contributed by atoms with Crippen molar-refractivity contribution in [2.24, 2.45) is 5.73 Å². The van der Waals surface area contributed by atoms with Gasteiger partial charge in [-0.2, -0.15) is 0 Å². The minimum Gasteiger partial charge on any atom is -0.327 e. The zero-order valence-corrected chi connectivity index (χ0v) is 9.79. The van der Waals surface area contributed by atoms with Gasteiger partial charge in [-0.15, -0.1) is 0 Å². The van der Waals surface area contributed by atoms with Crippen LogP contribution in [0.15, 0.2) is 54.7 Å². The highest BCUT2D eigenvalue weighted by atomic mass is 14.7. The molecule has 1 unspecified atom stereocenters. The van der Waals surface area contributed by atoms with E-state index in [-0.39, 0.29) is 6.04 Å². The monoisotopic (exact) mass is 225 g/mol. The molecule has 1 heterocycles. The van der Waals surface area contributed by atoms with Crippen molar-refractivity contribution < 1.29 is 0 Å². The number of hydrogen-bond acceptors (Lipinski definition) is 2. The summed E-state index contributed by atoms with van der Waals surface area (Å²) in [6, 6.07) is 16.3. The van der Waals surface area contributed by atoms with Crippen molar-refractivity contribution in [3.8, 4) is 0 Å². The summed E-state index contributed by atoms with van der Waals surface area (Å²) in [5, 5.41) is 0. The minimum absolute atomic E-state index is 0.0603. The molecule has 17 heavy (non-hydrogen) atoms. The Bertz CT molecular complexity index is 425. The van der Waals surface area contributed by atoms with E-state index in [1.807, 2.05) is 36.4 Å². The molecule has 0 amide bonds. The van der Waals surface area contributed by atoms with E-state index < -0.39 is 0 Å². The van der Waals surface area contributed by atoms with Crippen molar-refractivity contribution in [1.82, 2.24) is 4.98 Å². The molecule has 1 radical (unpaired) electrons.